The quantitative estimate of drug-likeness (QED) is 0.493. The number of esters is 1. The van der Waals surface area contributed by atoms with Gasteiger partial charge in [-0.3, -0.25) is 5.32 Å². The molecule has 1 aromatic rings. The molecule has 0 radical (unpaired) electrons. The summed E-state index contributed by atoms with van der Waals surface area (Å²) in [5, 5.41) is 14.3. The van der Waals surface area contributed by atoms with Crippen molar-refractivity contribution in [1.29, 1.82) is 0 Å². The zero-order chi connectivity index (χ0) is 20.9. The van der Waals surface area contributed by atoms with E-state index in [1.807, 2.05) is 44.2 Å². The molecule has 0 amide bonds. The zero-order valence-electron chi connectivity index (χ0n) is 18.1. The summed E-state index contributed by atoms with van der Waals surface area (Å²) in [5.41, 5.74) is -0.303. The molecule has 0 aromatic heterocycles. The lowest BCUT2D eigenvalue weighted by Crippen LogP contribution is -2.66. The van der Waals surface area contributed by atoms with Crippen LogP contribution in [0.25, 0.3) is 0 Å². The number of nitrogens with one attached hydrogen (secondary N) is 1. The van der Waals surface area contributed by atoms with E-state index in [4.69, 9.17) is 9.16 Å². The van der Waals surface area contributed by atoms with Crippen LogP contribution in [0.15, 0.2) is 30.3 Å². The number of aliphatic hydroxyl groups excluding tert-OH is 1. The van der Waals surface area contributed by atoms with Crippen LogP contribution in [0.3, 0.4) is 0 Å². The molecule has 1 aromatic carbocycles. The van der Waals surface area contributed by atoms with Gasteiger partial charge in [0.05, 0.1) is 19.8 Å². The number of hydrogen-bond donors (Lipinski definition) is 2. The van der Waals surface area contributed by atoms with Crippen molar-refractivity contribution in [3.8, 4) is 0 Å². The highest BCUT2D eigenvalue weighted by Gasteiger charge is 2.50. The van der Waals surface area contributed by atoms with Crippen LogP contribution in [-0.4, -0.2) is 44.8 Å². The Morgan fingerprint density at radius 1 is 1.19 bits per heavy atom. The summed E-state index contributed by atoms with van der Waals surface area (Å²) in [4.78, 5) is 12.9. The predicted octanol–water partition coefficient (Wildman–Crippen LogP) is 3.73. The molecule has 6 heteroatoms. The van der Waals surface area contributed by atoms with Gasteiger partial charge in [0, 0.05) is 6.54 Å². The zero-order valence-corrected chi connectivity index (χ0v) is 19.1. The fraction of sp³-hybridized carbons (Fsp3) is 0.667. The second-order valence-electron chi connectivity index (χ2n) is 9.04. The number of ether oxygens (including phenoxy) is 1. The lowest BCUT2D eigenvalue weighted by atomic mass is 9.85. The van der Waals surface area contributed by atoms with Crippen molar-refractivity contribution in [2.45, 2.75) is 70.9 Å². The molecule has 0 saturated heterocycles. The Morgan fingerprint density at radius 3 is 2.19 bits per heavy atom. The van der Waals surface area contributed by atoms with Gasteiger partial charge < -0.3 is 14.3 Å². The highest BCUT2D eigenvalue weighted by molar-refractivity contribution is 6.74. The van der Waals surface area contributed by atoms with Crippen molar-refractivity contribution in [3.63, 3.8) is 0 Å². The SMILES string of the molecule is COC(=O)C(CO[Si](C)(C)C(C)(C)C)(NCc1ccccc1)[C@@H](O)C(C)C. The Kier molecular flexibility index (Phi) is 8.23. The van der Waals surface area contributed by atoms with Crippen LogP contribution in [0.4, 0.5) is 0 Å². The topological polar surface area (TPSA) is 67.8 Å². The molecular weight excluding hydrogens is 358 g/mol. The average molecular weight is 396 g/mol. The van der Waals surface area contributed by atoms with Crippen LogP contribution < -0.4 is 5.32 Å². The van der Waals surface area contributed by atoms with Gasteiger partial charge in [-0.2, -0.15) is 0 Å². The summed E-state index contributed by atoms with van der Waals surface area (Å²) in [6.07, 6.45) is -0.946. The van der Waals surface area contributed by atoms with Crippen LogP contribution >= 0.6 is 0 Å². The Bertz CT molecular complexity index is 598. The molecule has 1 rings (SSSR count). The maximum atomic E-state index is 12.9. The number of rotatable bonds is 9. The number of carbonyl (C=O) groups is 1. The van der Waals surface area contributed by atoms with Gasteiger partial charge in [0.25, 0.3) is 0 Å². The Hall–Kier alpha value is -1.21. The van der Waals surface area contributed by atoms with Gasteiger partial charge in [0.15, 0.2) is 13.9 Å². The lowest BCUT2D eigenvalue weighted by Gasteiger charge is -2.43. The monoisotopic (exact) mass is 395 g/mol. The first-order chi connectivity index (χ1) is 12.4. The van der Waals surface area contributed by atoms with Gasteiger partial charge >= 0.3 is 5.97 Å². The van der Waals surface area contributed by atoms with Crippen molar-refractivity contribution < 1.29 is 19.1 Å². The van der Waals surface area contributed by atoms with E-state index in [-0.39, 0.29) is 17.6 Å². The number of aliphatic hydroxyl groups is 1. The summed E-state index contributed by atoms with van der Waals surface area (Å²) in [5.74, 6) is -0.645. The molecule has 1 unspecified atom stereocenters. The van der Waals surface area contributed by atoms with Gasteiger partial charge in [-0.15, -0.1) is 0 Å². The second-order valence-corrected chi connectivity index (χ2v) is 13.8. The lowest BCUT2D eigenvalue weighted by molar-refractivity contribution is -0.158. The van der Waals surface area contributed by atoms with Crippen molar-refractivity contribution in [3.05, 3.63) is 35.9 Å². The van der Waals surface area contributed by atoms with Crippen molar-refractivity contribution in [1.82, 2.24) is 5.32 Å². The summed E-state index contributed by atoms with van der Waals surface area (Å²) in [7, 11) is -0.773. The van der Waals surface area contributed by atoms with E-state index < -0.39 is 25.9 Å². The first-order valence-electron chi connectivity index (χ1n) is 9.57. The normalized spacial score (nSPS) is 16.1. The summed E-state index contributed by atoms with van der Waals surface area (Å²) >= 11 is 0. The minimum absolute atomic E-state index is 0.00290. The third-order valence-corrected chi connectivity index (χ3v) is 10.1. The van der Waals surface area contributed by atoms with E-state index in [0.717, 1.165) is 5.56 Å². The summed E-state index contributed by atoms with van der Waals surface area (Å²) in [6, 6.07) is 9.79. The molecule has 154 valence electrons. The smallest absolute Gasteiger partial charge is 0.331 e. The molecule has 0 aliphatic heterocycles. The van der Waals surface area contributed by atoms with Gasteiger partial charge in [0.1, 0.15) is 0 Å². The molecule has 0 aliphatic rings. The fourth-order valence-electron chi connectivity index (χ4n) is 2.61. The number of methoxy groups -OCH3 is 1. The van der Waals surface area contributed by atoms with E-state index in [1.54, 1.807) is 0 Å². The highest BCUT2D eigenvalue weighted by atomic mass is 28.4. The minimum Gasteiger partial charge on any atom is -0.467 e. The molecule has 0 saturated carbocycles. The highest BCUT2D eigenvalue weighted by Crippen LogP contribution is 2.37. The number of benzene rings is 1. The van der Waals surface area contributed by atoms with Gasteiger partial charge in [-0.1, -0.05) is 65.0 Å². The first kappa shape index (κ1) is 23.8. The summed E-state index contributed by atoms with van der Waals surface area (Å²) < 4.78 is 11.5. The van der Waals surface area contributed by atoms with Gasteiger partial charge in [0.2, 0.25) is 0 Å². The van der Waals surface area contributed by atoms with Crippen molar-refractivity contribution in [2.75, 3.05) is 13.7 Å². The minimum atomic E-state index is -2.12. The molecule has 0 spiro atoms. The third-order valence-electron chi connectivity index (χ3n) is 5.60. The maximum Gasteiger partial charge on any atom is 0.331 e. The van der Waals surface area contributed by atoms with Crippen LogP contribution in [0, 0.1) is 5.92 Å². The van der Waals surface area contributed by atoms with E-state index in [1.165, 1.54) is 7.11 Å². The van der Waals surface area contributed by atoms with Crippen molar-refractivity contribution in [2.24, 2.45) is 5.92 Å². The van der Waals surface area contributed by atoms with Gasteiger partial charge in [-0.25, -0.2) is 4.79 Å². The molecular formula is C21H37NO4Si. The van der Waals surface area contributed by atoms with Gasteiger partial charge in [-0.05, 0) is 29.6 Å². The first-order valence-corrected chi connectivity index (χ1v) is 12.5. The average Bonchev–Trinajstić information content (AvgIpc) is 2.60. The summed E-state index contributed by atoms with van der Waals surface area (Å²) in [6.45, 7) is 15.0. The Morgan fingerprint density at radius 2 is 1.74 bits per heavy atom. The number of hydrogen-bond acceptors (Lipinski definition) is 5. The molecule has 27 heavy (non-hydrogen) atoms. The standard InChI is InChI=1S/C21H37NO4Si/c1-16(2)18(23)21(19(24)25-6,15-26-27(7,8)20(3,4)5)22-14-17-12-10-9-11-13-17/h9-13,16,18,22-23H,14-15H2,1-8H3/t18-,21?/m0/s1. The largest absolute Gasteiger partial charge is 0.467 e. The van der Waals surface area contributed by atoms with E-state index in [9.17, 15) is 9.90 Å². The second kappa shape index (κ2) is 9.32. The van der Waals surface area contributed by atoms with Crippen LogP contribution in [-0.2, 0) is 20.5 Å². The Balaban J connectivity index is 3.20. The maximum absolute atomic E-state index is 12.9. The molecule has 0 bridgehead atoms. The molecule has 2 N–H and O–H groups in total. The molecule has 0 fully saturated rings. The van der Waals surface area contributed by atoms with E-state index in [0.29, 0.717) is 6.54 Å². The molecule has 0 heterocycles. The molecule has 2 atom stereocenters. The van der Waals surface area contributed by atoms with Crippen LogP contribution in [0.1, 0.15) is 40.2 Å². The van der Waals surface area contributed by atoms with Crippen LogP contribution in [0.5, 0.6) is 0 Å². The number of carbonyl (C=O) groups excluding carboxylic acids is 1. The van der Waals surface area contributed by atoms with E-state index >= 15 is 0 Å². The van der Waals surface area contributed by atoms with Crippen LogP contribution in [0.2, 0.25) is 18.1 Å². The Labute approximate surface area is 165 Å². The molecule has 0 aliphatic carbocycles. The van der Waals surface area contributed by atoms with E-state index in [2.05, 4.69) is 39.2 Å². The third kappa shape index (κ3) is 5.88. The van der Waals surface area contributed by atoms with Crippen molar-refractivity contribution >= 4 is 14.3 Å². The fourth-order valence-corrected chi connectivity index (χ4v) is 3.63. The predicted molar refractivity (Wildman–Crippen MR) is 112 cm³/mol. The molecule has 5 nitrogen and oxygen atoms in total.